The fourth-order valence-corrected chi connectivity index (χ4v) is 3.71. The highest BCUT2D eigenvalue weighted by molar-refractivity contribution is 7.14. The number of amides is 1. The van der Waals surface area contributed by atoms with E-state index in [2.05, 4.69) is 4.98 Å². The van der Waals surface area contributed by atoms with Gasteiger partial charge in [-0.15, -0.1) is 11.3 Å². The van der Waals surface area contributed by atoms with Crippen molar-refractivity contribution in [2.45, 2.75) is 25.9 Å². The zero-order chi connectivity index (χ0) is 24.4. The summed E-state index contributed by atoms with van der Waals surface area (Å²) in [5.41, 5.74) is -2.75. The standard InChI is InChI=1S/C21H14F6N2O3S/c1-12(30)29(15-6-4-5-13(9-15)20(22,23)24)19-28-14(11-33-19)10-32-18(31)16-7-2-3-8-17(16)21(25,26)27/h2-9,11H,10H2,1H3. The number of ether oxygens (including phenoxy) is 1. The van der Waals surface area contributed by atoms with Crippen LogP contribution in [0.5, 0.6) is 0 Å². The highest BCUT2D eigenvalue weighted by Crippen LogP contribution is 2.35. The Morgan fingerprint density at radius 2 is 1.70 bits per heavy atom. The molecule has 12 heteroatoms. The van der Waals surface area contributed by atoms with E-state index in [-0.39, 0.29) is 16.5 Å². The van der Waals surface area contributed by atoms with Gasteiger partial charge in [0.1, 0.15) is 6.61 Å². The number of halogens is 6. The molecule has 0 spiro atoms. The van der Waals surface area contributed by atoms with Gasteiger partial charge in [0.15, 0.2) is 5.13 Å². The van der Waals surface area contributed by atoms with Crippen LogP contribution in [-0.4, -0.2) is 16.9 Å². The molecule has 0 aliphatic carbocycles. The van der Waals surface area contributed by atoms with Crippen molar-refractivity contribution in [1.29, 1.82) is 0 Å². The summed E-state index contributed by atoms with van der Waals surface area (Å²) in [6.45, 7) is 0.630. The lowest BCUT2D eigenvalue weighted by atomic mass is 10.1. The van der Waals surface area contributed by atoms with Crippen molar-refractivity contribution in [2.24, 2.45) is 0 Å². The van der Waals surface area contributed by atoms with Gasteiger partial charge in [-0.05, 0) is 30.3 Å². The second-order valence-corrected chi connectivity index (χ2v) is 7.48. The highest BCUT2D eigenvalue weighted by atomic mass is 32.1. The number of carbonyl (C=O) groups is 2. The van der Waals surface area contributed by atoms with Crippen LogP contribution < -0.4 is 4.90 Å². The Labute approximate surface area is 187 Å². The summed E-state index contributed by atoms with van der Waals surface area (Å²) >= 11 is 0.890. The molecule has 0 aliphatic heterocycles. The van der Waals surface area contributed by atoms with Gasteiger partial charge < -0.3 is 4.74 Å². The summed E-state index contributed by atoms with van der Waals surface area (Å²) in [6.07, 6.45) is -9.37. The summed E-state index contributed by atoms with van der Waals surface area (Å²) in [5.74, 6) is -1.84. The fraction of sp³-hybridized carbons (Fsp3) is 0.190. The number of thiazole rings is 1. The number of aromatic nitrogens is 1. The van der Waals surface area contributed by atoms with Crippen molar-refractivity contribution in [2.75, 3.05) is 4.90 Å². The van der Waals surface area contributed by atoms with E-state index in [0.29, 0.717) is 0 Å². The van der Waals surface area contributed by atoms with Crippen molar-refractivity contribution in [3.8, 4) is 0 Å². The van der Waals surface area contributed by atoms with Gasteiger partial charge in [-0.1, -0.05) is 18.2 Å². The first-order valence-electron chi connectivity index (χ1n) is 9.13. The number of benzene rings is 2. The molecule has 0 saturated carbocycles. The van der Waals surface area contributed by atoms with Crippen LogP contribution >= 0.6 is 11.3 Å². The molecule has 3 aromatic rings. The first kappa shape index (κ1) is 24.2. The second kappa shape index (κ2) is 9.22. The molecule has 3 rings (SSSR count). The molecular formula is C21H14F6N2O3S. The second-order valence-electron chi connectivity index (χ2n) is 6.64. The molecule has 1 heterocycles. The molecule has 0 radical (unpaired) electrons. The van der Waals surface area contributed by atoms with Crippen LogP contribution in [0.3, 0.4) is 0 Å². The number of carbonyl (C=O) groups excluding carboxylic acids is 2. The number of nitrogens with zero attached hydrogens (tertiary/aromatic N) is 2. The Morgan fingerprint density at radius 3 is 2.33 bits per heavy atom. The summed E-state index contributed by atoms with van der Waals surface area (Å²) in [6, 6.07) is 8.20. The highest BCUT2D eigenvalue weighted by Gasteiger charge is 2.35. The number of hydrogen-bond acceptors (Lipinski definition) is 5. The van der Waals surface area contributed by atoms with Crippen molar-refractivity contribution in [3.63, 3.8) is 0 Å². The molecule has 0 unspecified atom stereocenters. The summed E-state index contributed by atoms with van der Waals surface area (Å²) in [5, 5.41) is 1.38. The SMILES string of the molecule is CC(=O)N(c1cccc(C(F)(F)F)c1)c1nc(COC(=O)c2ccccc2C(F)(F)F)cs1. The third-order valence-electron chi connectivity index (χ3n) is 4.28. The van der Waals surface area contributed by atoms with E-state index < -0.39 is 47.5 Å². The third kappa shape index (κ3) is 5.69. The zero-order valence-corrected chi connectivity index (χ0v) is 17.5. The molecular weight excluding hydrogens is 474 g/mol. The van der Waals surface area contributed by atoms with Crippen LogP contribution in [0, 0.1) is 0 Å². The lowest BCUT2D eigenvalue weighted by Crippen LogP contribution is -2.23. The maximum Gasteiger partial charge on any atom is 0.417 e. The lowest BCUT2D eigenvalue weighted by Gasteiger charge is -2.19. The largest absolute Gasteiger partial charge is 0.456 e. The first-order chi connectivity index (χ1) is 15.4. The third-order valence-corrected chi connectivity index (χ3v) is 5.16. The minimum Gasteiger partial charge on any atom is -0.456 e. The Bertz CT molecular complexity index is 1170. The molecule has 1 amide bonds. The van der Waals surface area contributed by atoms with E-state index in [1.165, 1.54) is 17.5 Å². The van der Waals surface area contributed by atoms with Crippen LogP contribution in [-0.2, 0) is 28.5 Å². The first-order valence-corrected chi connectivity index (χ1v) is 10.0. The maximum absolute atomic E-state index is 13.1. The average molecular weight is 488 g/mol. The number of anilines is 2. The summed E-state index contributed by atoms with van der Waals surface area (Å²) in [7, 11) is 0. The van der Waals surface area contributed by atoms with Crippen molar-refractivity contribution >= 4 is 34.0 Å². The topological polar surface area (TPSA) is 59.5 Å². The molecule has 5 nitrogen and oxygen atoms in total. The van der Waals surface area contributed by atoms with E-state index in [9.17, 15) is 35.9 Å². The fourth-order valence-electron chi connectivity index (χ4n) is 2.84. The van der Waals surface area contributed by atoms with E-state index >= 15 is 0 Å². The predicted molar refractivity (Wildman–Crippen MR) is 107 cm³/mol. The van der Waals surface area contributed by atoms with Gasteiger partial charge in [-0.2, -0.15) is 26.3 Å². The quantitative estimate of drug-likeness (QED) is 0.316. The molecule has 0 atom stereocenters. The number of alkyl halides is 6. The Hall–Kier alpha value is -3.41. The molecule has 0 bridgehead atoms. The van der Waals surface area contributed by atoms with Gasteiger partial charge in [0.2, 0.25) is 5.91 Å². The van der Waals surface area contributed by atoms with Crippen molar-refractivity contribution in [3.05, 3.63) is 76.3 Å². The van der Waals surface area contributed by atoms with Gasteiger partial charge in [-0.3, -0.25) is 9.69 Å². The van der Waals surface area contributed by atoms with Crippen molar-refractivity contribution < 1.29 is 40.7 Å². The Morgan fingerprint density at radius 1 is 1.00 bits per heavy atom. The number of hydrogen-bond donors (Lipinski definition) is 0. The van der Waals surface area contributed by atoms with Gasteiger partial charge >= 0.3 is 18.3 Å². The van der Waals surface area contributed by atoms with E-state index in [0.717, 1.165) is 59.6 Å². The van der Waals surface area contributed by atoms with Gasteiger partial charge in [-0.25, -0.2) is 9.78 Å². The smallest absolute Gasteiger partial charge is 0.417 e. The van der Waals surface area contributed by atoms with Gasteiger partial charge in [0, 0.05) is 12.3 Å². The lowest BCUT2D eigenvalue weighted by molar-refractivity contribution is -0.138. The molecule has 1 aromatic heterocycles. The molecule has 2 aromatic carbocycles. The maximum atomic E-state index is 13.1. The van der Waals surface area contributed by atoms with Gasteiger partial charge in [0.25, 0.3) is 0 Å². The van der Waals surface area contributed by atoms with Crippen LogP contribution in [0.1, 0.15) is 34.1 Å². The molecule has 174 valence electrons. The van der Waals surface area contributed by atoms with Crippen LogP contribution in [0.25, 0.3) is 0 Å². The molecule has 0 N–H and O–H groups in total. The average Bonchev–Trinajstić information content (AvgIpc) is 3.19. The van der Waals surface area contributed by atoms with Crippen molar-refractivity contribution in [1.82, 2.24) is 4.98 Å². The molecule has 0 fully saturated rings. The number of esters is 1. The minimum atomic E-state index is -4.75. The predicted octanol–water partition coefficient (Wildman–Crippen LogP) is 6.22. The monoisotopic (exact) mass is 488 g/mol. The normalized spacial score (nSPS) is 11.8. The van der Waals surface area contributed by atoms with Crippen LogP contribution in [0.2, 0.25) is 0 Å². The summed E-state index contributed by atoms with van der Waals surface area (Å²) < 4.78 is 83.2. The van der Waals surface area contributed by atoms with E-state index in [1.807, 2.05) is 0 Å². The van der Waals surface area contributed by atoms with Gasteiger partial charge in [0.05, 0.1) is 28.1 Å². The Kier molecular flexibility index (Phi) is 6.77. The zero-order valence-electron chi connectivity index (χ0n) is 16.7. The van der Waals surface area contributed by atoms with E-state index in [4.69, 9.17) is 4.74 Å². The molecule has 0 saturated heterocycles. The minimum absolute atomic E-state index is 0.00330. The Balaban J connectivity index is 1.79. The van der Waals surface area contributed by atoms with Crippen LogP contribution in [0.4, 0.5) is 37.2 Å². The molecule has 0 aliphatic rings. The summed E-state index contributed by atoms with van der Waals surface area (Å²) in [4.78, 5) is 29.3. The molecule has 33 heavy (non-hydrogen) atoms. The van der Waals surface area contributed by atoms with Crippen LogP contribution in [0.15, 0.2) is 53.9 Å². The van der Waals surface area contributed by atoms with E-state index in [1.54, 1.807) is 0 Å². The number of rotatable bonds is 5.